The van der Waals surface area contributed by atoms with Gasteiger partial charge in [0.05, 0.1) is 17.7 Å². The summed E-state index contributed by atoms with van der Waals surface area (Å²) in [5.74, 6) is -0.616. The summed E-state index contributed by atoms with van der Waals surface area (Å²) < 4.78 is 10.6. The molecule has 0 aliphatic rings. The zero-order valence-electron chi connectivity index (χ0n) is 13.1. The number of carbonyl (C=O) groups is 2. The standard InChI is InChI=1S/C18H18O4S/c1-3-12-21-17(19)13-8-4-5-9-14(13)18(20)22-15-10-6-7-11-16(15)23-2/h4-11H,3,12H2,1-2H3. The Balaban J connectivity index is 2.24. The first-order chi connectivity index (χ1) is 11.2. The minimum absolute atomic E-state index is 0.199. The second kappa shape index (κ2) is 8.39. The largest absolute Gasteiger partial charge is 0.462 e. The summed E-state index contributed by atoms with van der Waals surface area (Å²) in [5.41, 5.74) is 0.414. The molecule has 0 heterocycles. The van der Waals surface area contributed by atoms with Crippen LogP contribution in [-0.2, 0) is 4.74 Å². The van der Waals surface area contributed by atoms with Gasteiger partial charge in [0.1, 0.15) is 5.75 Å². The van der Waals surface area contributed by atoms with Crippen molar-refractivity contribution < 1.29 is 19.1 Å². The van der Waals surface area contributed by atoms with E-state index in [1.165, 1.54) is 11.8 Å². The lowest BCUT2D eigenvalue weighted by atomic mass is 10.1. The van der Waals surface area contributed by atoms with Gasteiger partial charge >= 0.3 is 11.9 Å². The minimum atomic E-state index is -0.574. The van der Waals surface area contributed by atoms with Crippen LogP contribution >= 0.6 is 11.8 Å². The summed E-state index contributed by atoms with van der Waals surface area (Å²) >= 11 is 1.49. The van der Waals surface area contributed by atoms with Crippen LogP contribution in [0, 0.1) is 0 Å². The van der Waals surface area contributed by atoms with Crippen molar-refractivity contribution in [2.75, 3.05) is 12.9 Å². The lowest BCUT2D eigenvalue weighted by Gasteiger charge is -2.11. The van der Waals surface area contributed by atoms with Crippen molar-refractivity contribution in [3.05, 3.63) is 59.7 Å². The second-order valence-electron chi connectivity index (χ2n) is 4.72. The van der Waals surface area contributed by atoms with Crippen molar-refractivity contribution in [1.29, 1.82) is 0 Å². The molecule has 0 fully saturated rings. The van der Waals surface area contributed by atoms with Gasteiger partial charge in [-0.1, -0.05) is 31.2 Å². The van der Waals surface area contributed by atoms with Crippen LogP contribution in [0.25, 0.3) is 0 Å². The molecule has 0 spiro atoms. The van der Waals surface area contributed by atoms with Gasteiger partial charge in [-0.25, -0.2) is 9.59 Å². The van der Waals surface area contributed by atoms with E-state index in [1.54, 1.807) is 36.4 Å². The molecule has 0 saturated carbocycles. The third kappa shape index (κ3) is 4.36. The number of ether oxygens (including phenoxy) is 2. The van der Waals surface area contributed by atoms with Crippen molar-refractivity contribution in [2.24, 2.45) is 0 Å². The van der Waals surface area contributed by atoms with Gasteiger partial charge < -0.3 is 9.47 Å². The molecule has 0 N–H and O–H groups in total. The van der Waals surface area contributed by atoms with Crippen molar-refractivity contribution in [3.8, 4) is 5.75 Å². The Labute approximate surface area is 139 Å². The fourth-order valence-corrected chi connectivity index (χ4v) is 2.50. The predicted octanol–water partition coefficient (Wildman–Crippen LogP) is 4.19. The molecule has 0 radical (unpaired) electrons. The van der Waals surface area contributed by atoms with Crippen LogP contribution in [0.3, 0.4) is 0 Å². The first kappa shape index (κ1) is 17.1. The summed E-state index contributed by atoms with van der Waals surface area (Å²) in [6, 6.07) is 13.8. The molecular formula is C18H18O4S. The van der Waals surface area contributed by atoms with Crippen LogP contribution in [0.4, 0.5) is 0 Å². The molecule has 0 unspecified atom stereocenters. The summed E-state index contributed by atoms with van der Waals surface area (Å²) in [5, 5.41) is 0. The summed E-state index contributed by atoms with van der Waals surface area (Å²) in [6.45, 7) is 2.23. The molecule has 0 aromatic heterocycles. The van der Waals surface area contributed by atoms with Crippen molar-refractivity contribution >= 4 is 23.7 Å². The molecule has 0 atom stereocenters. The number of carbonyl (C=O) groups excluding carboxylic acids is 2. The average Bonchev–Trinajstić information content (AvgIpc) is 2.60. The molecule has 2 aromatic rings. The predicted molar refractivity (Wildman–Crippen MR) is 90.2 cm³/mol. The molecular weight excluding hydrogens is 312 g/mol. The van der Waals surface area contributed by atoms with E-state index in [9.17, 15) is 9.59 Å². The Morgan fingerprint density at radius 1 is 0.957 bits per heavy atom. The van der Waals surface area contributed by atoms with Gasteiger partial charge in [-0.2, -0.15) is 0 Å². The highest BCUT2D eigenvalue weighted by molar-refractivity contribution is 7.98. The maximum atomic E-state index is 12.4. The monoisotopic (exact) mass is 330 g/mol. The highest BCUT2D eigenvalue weighted by Gasteiger charge is 2.20. The highest BCUT2D eigenvalue weighted by Crippen LogP contribution is 2.28. The molecule has 0 bridgehead atoms. The van der Waals surface area contributed by atoms with Gasteiger partial charge in [0.2, 0.25) is 0 Å². The van der Waals surface area contributed by atoms with Gasteiger partial charge in [0, 0.05) is 4.90 Å². The van der Waals surface area contributed by atoms with Gasteiger partial charge in [-0.15, -0.1) is 11.8 Å². The van der Waals surface area contributed by atoms with Crippen molar-refractivity contribution in [2.45, 2.75) is 18.2 Å². The van der Waals surface area contributed by atoms with Gasteiger partial charge in [0.25, 0.3) is 0 Å². The Hall–Kier alpha value is -2.27. The van der Waals surface area contributed by atoms with Gasteiger partial charge in [-0.3, -0.25) is 0 Å². The molecule has 2 rings (SSSR count). The lowest BCUT2D eigenvalue weighted by molar-refractivity contribution is 0.0496. The fraction of sp³-hybridized carbons (Fsp3) is 0.222. The van der Waals surface area contributed by atoms with Crippen LogP contribution in [0.15, 0.2) is 53.4 Å². The smallest absolute Gasteiger partial charge is 0.344 e. The van der Waals surface area contributed by atoms with Crippen molar-refractivity contribution in [3.63, 3.8) is 0 Å². The molecule has 4 nitrogen and oxygen atoms in total. The molecule has 23 heavy (non-hydrogen) atoms. The first-order valence-corrected chi connectivity index (χ1v) is 8.51. The van der Waals surface area contributed by atoms with Crippen molar-refractivity contribution in [1.82, 2.24) is 0 Å². The third-order valence-electron chi connectivity index (χ3n) is 3.08. The Bertz CT molecular complexity index is 697. The van der Waals surface area contributed by atoms with E-state index >= 15 is 0 Å². The Morgan fingerprint density at radius 3 is 2.22 bits per heavy atom. The average molecular weight is 330 g/mol. The van der Waals surface area contributed by atoms with Crippen LogP contribution in [-0.4, -0.2) is 24.8 Å². The SMILES string of the molecule is CCCOC(=O)c1ccccc1C(=O)Oc1ccccc1SC. The van der Waals surface area contributed by atoms with Crippen LogP contribution in [0.5, 0.6) is 5.75 Å². The van der Waals surface area contributed by atoms with E-state index in [-0.39, 0.29) is 11.1 Å². The van der Waals surface area contributed by atoms with E-state index in [1.807, 2.05) is 25.3 Å². The number of benzene rings is 2. The van der Waals surface area contributed by atoms with E-state index in [0.717, 1.165) is 11.3 Å². The number of para-hydroxylation sites is 1. The quantitative estimate of drug-likeness (QED) is 0.451. The third-order valence-corrected chi connectivity index (χ3v) is 3.85. The van der Waals surface area contributed by atoms with E-state index < -0.39 is 11.9 Å². The molecule has 2 aromatic carbocycles. The fourth-order valence-electron chi connectivity index (χ4n) is 1.97. The van der Waals surface area contributed by atoms with E-state index in [2.05, 4.69) is 0 Å². The number of hydrogen-bond donors (Lipinski definition) is 0. The number of rotatable bonds is 6. The number of thioether (sulfide) groups is 1. The molecule has 0 aliphatic carbocycles. The van der Waals surface area contributed by atoms with Gasteiger partial charge in [0.15, 0.2) is 0 Å². The number of esters is 2. The zero-order chi connectivity index (χ0) is 16.7. The summed E-state index contributed by atoms with van der Waals surface area (Å²) in [7, 11) is 0. The van der Waals surface area contributed by atoms with Gasteiger partial charge in [-0.05, 0) is 36.9 Å². The topological polar surface area (TPSA) is 52.6 Å². The second-order valence-corrected chi connectivity index (χ2v) is 5.57. The van der Waals surface area contributed by atoms with Crippen LogP contribution in [0.2, 0.25) is 0 Å². The molecule has 0 amide bonds. The molecule has 5 heteroatoms. The summed E-state index contributed by atoms with van der Waals surface area (Å²) in [6.07, 6.45) is 2.63. The Kier molecular flexibility index (Phi) is 6.23. The Morgan fingerprint density at radius 2 is 1.57 bits per heavy atom. The molecule has 120 valence electrons. The van der Waals surface area contributed by atoms with Crippen LogP contribution in [0.1, 0.15) is 34.1 Å². The maximum absolute atomic E-state index is 12.4. The highest BCUT2D eigenvalue weighted by atomic mass is 32.2. The molecule has 0 aliphatic heterocycles. The zero-order valence-corrected chi connectivity index (χ0v) is 13.9. The minimum Gasteiger partial charge on any atom is -0.462 e. The first-order valence-electron chi connectivity index (χ1n) is 7.28. The number of hydrogen-bond acceptors (Lipinski definition) is 5. The molecule has 0 saturated heterocycles. The van der Waals surface area contributed by atoms with E-state index in [0.29, 0.717) is 12.4 Å². The van der Waals surface area contributed by atoms with Crippen LogP contribution < -0.4 is 4.74 Å². The maximum Gasteiger partial charge on any atom is 0.344 e. The van der Waals surface area contributed by atoms with E-state index in [4.69, 9.17) is 9.47 Å². The summed E-state index contributed by atoms with van der Waals surface area (Å²) in [4.78, 5) is 25.4. The lowest BCUT2D eigenvalue weighted by Crippen LogP contribution is -2.16. The normalized spacial score (nSPS) is 10.2.